The Morgan fingerprint density at radius 1 is 1.29 bits per heavy atom. The summed E-state index contributed by atoms with van der Waals surface area (Å²) in [6.07, 6.45) is 10.8. The Morgan fingerprint density at radius 3 is 3.12 bits per heavy atom. The summed E-state index contributed by atoms with van der Waals surface area (Å²) in [4.78, 5) is 4.51. The molecule has 86 valence electrons. The Morgan fingerprint density at radius 2 is 2.18 bits per heavy atom. The topological polar surface area (TPSA) is 15.9 Å². The molecule has 0 bridgehead atoms. The molecule has 2 nitrogen and oxygen atoms in total. The summed E-state index contributed by atoms with van der Waals surface area (Å²) in [5, 5.41) is 1.94. The van der Waals surface area contributed by atoms with Crippen LogP contribution in [0, 0.1) is 0 Å². The lowest BCUT2D eigenvalue weighted by Crippen LogP contribution is -3.00. The summed E-state index contributed by atoms with van der Waals surface area (Å²) in [5.74, 6) is 0. The first kappa shape index (κ1) is 11.2. The van der Waals surface area contributed by atoms with E-state index in [-0.39, 0.29) is 17.0 Å². The van der Waals surface area contributed by atoms with Crippen LogP contribution < -0.4 is 17.0 Å². The SMILES string of the molecule is C1=CC2SC3=[N+](Cc4cccnc43)C2C=C1.[Br-]. The molecule has 2 aliphatic heterocycles. The molecule has 2 atom stereocenters. The number of thioether (sulfide) groups is 1. The third kappa shape index (κ3) is 1.54. The molecule has 1 aromatic rings. The number of pyridine rings is 1. The van der Waals surface area contributed by atoms with Gasteiger partial charge in [-0.2, -0.15) is 0 Å². The molecule has 3 heterocycles. The first-order valence-corrected chi connectivity index (χ1v) is 6.41. The van der Waals surface area contributed by atoms with Crippen LogP contribution in [0.15, 0.2) is 42.6 Å². The maximum Gasteiger partial charge on any atom is 0.262 e. The van der Waals surface area contributed by atoms with Crippen LogP contribution in [-0.4, -0.2) is 25.9 Å². The third-order valence-electron chi connectivity index (χ3n) is 3.36. The first-order valence-electron chi connectivity index (χ1n) is 5.53. The molecule has 4 rings (SSSR count). The van der Waals surface area contributed by atoms with Crippen LogP contribution >= 0.6 is 11.8 Å². The van der Waals surface area contributed by atoms with Gasteiger partial charge in [-0.1, -0.05) is 18.2 Å². The van der Waals surface area contributed by atoms with E-state index in [1.807, 2.05) is 24.0 Å². The second-order valence-electron chi connectivity index (χ2n) is 4.29. The van der Waals surface area contributed by atoms with Crippen molar-refractivity contribution in [2.45, 2.75) is 17.8 Å². The number of hydrogen-bond donors (Lipinski definition) is 0. The lowest BCUT2D eigenvalue weighted by Gasteiger charge is -2.12. The Kier molecular flexibility index (Phi) is 2.71. The van der Waals surface area contributed by atoms with Crippen LogP contribution in [-0.2, 0) is 6.54 Å². The highest BCUT2D eigenvalue weighted by Gasteiger charge is 2.46. The van der Waals surface area contributed by atoms with E-state index in [9.17, 15) is 0 Å². The standard InChI is InChI=1S/C13H11N2S.BrH/c1-2-6-11-10(5-1)15-8-9-4-3-7-14-12(9)13(15)16-11;/h1-7,10-11H,8H2;1H/q+1;/p-1. The van der Waals surface area contributed by atoms with Gasteiger partial charge in [-0.25, -0.2) is 9.56 Å². The van der Waals surface area contributed by atoms with E-state index in [0.29, 0.717) is 11.3 Å². The molecule has 0 saturated heterocycles. The minimum Gasteiger partial charge on any atom is -1.00 e. The monoisotopic (exact) mass is 306 g/mol. The number of nitrogens with zero attached hydrogens (tertiary/aromatic N) is 2. The highest BCUT2D eigenvalue weighted by molar-refractivity contribution is 8.15. The van der Waals surface area contributed by atoms with Crippen LogP contribution in [0.5, 0.6) is 0 Å². The van der Waals surface area contributed by atoms with Crippen LogP contribution in [0.2, 0.25) is 0 Å². The Labute approximate surface area is 115 Å². The summed E-state index contributed by atoms with van der Waals surface area (Å²) in [5.41, 5.74) is 2.56. The van der Waals surface area contributed by atoms with Gasteiger partial charge in [0, 0.05) is 11.8 Å². The summed E-state index contributed by atoms with van der Waals surface area (Å²) in [6, 6.07) is 4.74. The second kappa shape index (κ2) is 4.10. The molecular weight excluding hydrogens is 296 g/mol. The fourth-order valence-corrected chi connectivity index (χ4v) is 4.03. The van der Waals surface area contributed by atoms with Gasteiger partial charge in [0.25, 0.3) is 5.04 Å². The van der Waals surface area contributed by atoms with E-state index in [2.05, 4.69) is 39.9 Å². The summed E-state index contributed by atoms with van der Waals surface area (Å²) < 4.78 is 2.48. The fraction of sp³-hybridized carbons (Fsp3) is 0.231. The molecule has 0 saturated carbocycles. The van der Waals surface area contributed by atoms with E-state index in [4.69, 9.17) is 0 Å². The molecule has 1 aromatic heterocycles. The van der Waals surface area contributed by atoms with E-state index >= 15 is 0 Å². The van der Waals surface area contributed by atoms with Gasteiger partial charge in [-0.05, 0) is 30.0 Å². The zero-order valence-corrected chi connectivity index (χ0v) is 11.5. The number of rotatable bonds is 0. The van der Waals surface area contributed by atoms with Crippen LogP contribution in [0.3, 0.4) is 0 Å². The van der Waals surface area contributed by atoms with Crippen LogP contribution in [0.4, 0.5) is 0 Å². The number of aromatic nitrogens is 1. The lowest BCUT2D eigenvalue weighted by atomic mass is 10.1. The zero-order chi connectivity index (χ0) is 10.5. The summed E-state index contributed by atoms with van der Waals surface area (Å²) >= 11 is 1.95. The van der Waals surface area contributed by atoms with Gasteiger partial charge in [0.2, 0.25) is 0 Å². The maximum atomic E-state index is 4.51. The van der Waals surface area contributed by atoms with Gasteiger partial charge in [-0.15, -0.1) is 0 Å². The van der Waals surface area contributed by atoms with Gasteiger partial charge in [0.15, 0.2) is 18.3 Å². The van der Waals surface area contributed by atoms with Crippen molar-refractivity contribution in [3.63, 3.8) is 0 Å². The van der Waals surface area contributed by atoms with Crippen molar-refractivity contribution >= 4 is 16.8 Å². The first-order chi connectivity index (χ1) is 7.93. The zero-order valence-electron chi connectivity index (χ0n) is 9.08. The second-order valence-corrected chi connectivity index (χ2v) is 5.45. The average molecular weight is 307 g/mol. The molecule has 17 heavy (non-hydrogen) atoms. The van der Waals surface area contributed by atoms with Gasteiger partial charge >= 0.3 is 0 Å². The third-order valence-corrected chi connectivity index (χ3v) is 4.72. The fourth-order valence-electron chi connectivity index (χ4n) is 2.61. The Balaban J connectivity index is 0.000000902. The van der Waals surface area contributed by atoms with Gasteiger partial charge in [-0.3, -0.25) is 0 Å². The molecule has 4 heteroatoms. The van der Waals surface area contributed by atoms with E-state index in [1.54, 1.807) is 0 Å². The minimum absolute atomic E-state index is 0. The van der Waals surface area contributed by atoms with E-state index < -0.39 is 0 Å². The molecule has 3 aliphatic rings. The number of hydrogen-bond acceptors (Lipinski definition) is 2. The molecule has 0 aromatic carbocycles. The molecule has 1 aliphatic carbocycles. The van der Waals surface area contributed by atoms with Crippen molar-refractivity contribution < 1.29 is 21.6 Å². The van der Waals surface area contributed by atoms with Crippen molar-refractivity contribution in [2.24, 2.45) is 0 Å². The van der Waals surface area contributed by atoms with E-state index in [0.717, 1.165) is 6.54 Å². The van der Waals surface area contributed by atoms with Crippen molar-refractivity contribution in [1.82, 2.24) is 4.98 Å². The van der Waals surface area contributed by atoms with Crippen LogP contribution in [0.25, 0.3) is 0 Å². The van der Waals surface area contributed by atoms with Crippen molar-refractivity contribution in [3.8, 4) is 0 Å². The molecule has 0 radical (unpaired) electrons. The predicted molar refractivity (Wildman–Crippen MR) is 65.8 cm³/mol. The minimum atomic E-state index is 0. The van der Waals surface area contributed by atoms with Crippen molar-refractivity contribution in [2.75, 3.05) is 0 Å². The normalized spacial score (nSPS) is 27.5. The molecular formula is C13H11BrN2S. The molecule has 0 N–H and O–H groups in total. The number of allylic oxidation sites excluding steroid dienone is 2. The highest BCUT2D eigenvalue weighted by atomic mass is 79.9. The Bertz CT molecular complexity index is 562. The van der Waals surface area contributed by atoms with Crippen LogP contribution in [0.1, 0.15) is 11.3 Å². The lowest BCUT2D eigenvalue weighted by molar-refractivity contribution is -0.558. The highest BCUT2D eigenvalue weighted by Crippen LogP contribution is 2.37. The van der Waals surface area contributed by atoms with Crippen molar-refractivity contribution in [3.05, 3.63) is 53.9 Å². The molecule has 0 amide bonds. The number of halogens is 1. The molecule has 0 fully saturated rings. The number of fused-ring (bicyclic) bond motifs is 4. The van der Waals surface area contributed by atoms with E-state index in [1.165, 1.54) is 16.3 Å². The van der Waals surface area contributed by atoms with Gasteiger partial charge in [0.1, 0.15) is 0 Å². The smallest absolute Gasteiger partial charge is 0.262 e. The maximum absolute atomic E-state index is 4.51. The summed E-state index contributed by atoms with van der Waals surface area (Å²) in [7, 11) is 0. The molecule has 2 unspecified atom stereocenters. The van der Waals surface area contributed by atoms with Gasteiger partial charge in [0.05, 0.1) is 5.25 Å². The largest absolute Gasteiger partial charge is 1.00 e. The quantitative estimate of drug-likeness (QED) is 0.570. The molecule has 0 spiro atoms. The summed E-state index contributed by atoms with van der Waals surface area (Å²) in [6.45, 7) is 1.02. The predicted octanol–water partition coefficient (Wildman–Crippen LogP) is -1.03. The van der Waals surface area contributed by atoms with Gasteiger partial charge < -0.3 is 17.0 Å². The Hall–Kier alpha value is -0.870. The average Bonchev–Trinajstić information content (AvgIpc) is 2.85. The van der Waals surface area contributed by atoms with Crippen molar-refractivity contribution in [1.29, 1.82) is 0 Å².